The molecule has 41 heavy (non-hydrogen) atoms. The van der Waals surface area contributed by atoms with Crippen LogP contribution in [-0.4, -0.2) is 38.1 Å². The Morgan fingerprint density at radius 2 is 1.88 bits per heavy atom. The smallest absolute Gasteiger partial charge is 0.326 e. The molecule has 0 unspecified atom stereocenters. The van der Waals surface area contributed by atoms with Crippen molar-refractivity contribution in [2.45, 2.75) is 19.5 Å². The van der Waals surface area contributed by atoms with E-state index >= 15 is 0 Å². The predicted molar refractivity (Wildman–Crippen MR) is 164 cm³/mol. The fraction of sp³-hybridized carbons (Fsp3) is 0.156. The first-order chi connectivity index (χ1) is 20.0. The third kappa shape index (κ3) is 5.84. The summed E-state index contributed by atoms with van der Waals surface area (Å²) in [4.78, 5) is 32.5. The minimum atomic E-state index is -0.204. The molecule has 6 rings (SSSR count). The van der Waals surface area contributed by atoms with Crippen molar-refractivity contribution in [3.8, 4) is 5.69 Å². The summed E-state index contributed by atoms with van der Waals surface area (Å²) < 4.78 is 3.40. The molecular formula is C32H27Cl2N5O2. The molecule has 1 aliphatic rings. The maximum Gasteiger partial charge on any atom is 0.326 e. The average Bonchev–Trinajstić information content (AvgIpc) is 3.30. The summed E-state index contributed by atoms with van der Waals surface area (Å²) in [5.41, 5.74) is 5.51. The molecule has 0 bridgehead atoms. The van der Waals surface area contributed by atoms with Gasteiger partial charge in [0, 0.05) is 72.9 Å². The summed E-state index contributed by atoms with van der Waals surface area (Å²) in [5, 5.41) is 5.10. The van der Waals surface area contributed by atoms with Gasteiger partial charge in [0.1, 0.15) is 5.15 Å². The van der Waals surface area contributed by atoms with Gasteiger partial charge in [-0.1, -0.05) is 53.6 Å². The quantitative estimate of drug-likeness (QED) is 0.237. The van der Waals surface area contributed by atoms with E-state index in [2.05, 4.69) is 27.4 Å². The van der Waals surface area contributed by atoms with Crippen LogP contribution in [-0.2, 0) is 19.5 Å². The van der Waals surface area contributed by atoms with Crippen molar-refractivity contribution in [2.75, 3.05) is 13.1 Å². The fourth-order valence-corrected chi connectivity index (χ4v) is 5.62. The van der Waals surface area contributed by atoms with Crippen LogP contribution < -0.4 is 10.9 Å². The van der Waals surface area contributed by atoms with Crippen molar-refractivity contribution in [2.24, 2.45) is 0 Å². The number of carbonyl (C=O) groups excluding carboxylic acids is 1. The second-order valence-electron chi connectivity index (χ2n) is 9.96. The topological polar surface area (TPSA) is 72.2 Å². The lowest BCUT2D eigenvalue weighted by molar-refractivity contribution is 0.240. The van der Waals surface area contributed by atoms with Crippen molar-refractivity contribution in [3.05, 3.63) is 134 Å². The number of pyridine rings is 2. The summed E-state index contributed by atoms with van der Waals surface area (Å²) in [6.45, 7) is 2.59. The van der Waals surface area contributed by atoms with E-state index in [0.717, 1.165) is 52.1 Å². The second-order valence-corrected chi connectivity index (χ2v) is 10.8. The van der Waals surface area contributed by atoms with Crippen LogP contribution in [0.5, 0.6) is 0 Å². The van der Waals surface area contributed by atoms with Crippen LogP contribution in [0.1, 0.15) is 22.4 Å². The van der Waals surface area contributed by atoms with Gasteiger partial charge in [0.25, 0.3) is 5.56 Å². The number of benzene rings is 2. The molecule has 3 aromatic heterocycles. The van der Waals surface area contributed by atoms with Gasteiger partial charge >= 0.3 is 6.03 Å². The van der Waals surface area contributed by atoms with E-state index in [1.807, 2.05) is 54.6 Å². The zero-order valence-electron chi connectivity index (χ0n) is 22.1. The van der Waals surface area contributed by atoms with E-state index in [1.165, 1.54) is 0 Å². The number of carbonyl (C=O) groups is 1. The van der Waals surface area contributed by atoms with Crippen LogP contribution >= 0.6 is 23.2 Å². The Labute approximate surface area is 247 Å². The summed E-state index contributed by atoms with van der Waals surface area (Å²) in [7, 11) is 0. The molecule has 0 saturated heterocycles. The van der Waals surface area contributed by atoms with Crippen LogP contribution in [0.25, 0.3) is 22.7 Å². The van der Waals surface area contributed by atoms with Crippen molar-refractivity contribution in [1.29, 1.82) is 0 Å². The molecule has 206 valence electrons. The molecule has 7 nitrogen and oxygen atoms in total. The minimum Gasteiger partial charge on any atom is -0.333 e. The molecule has 5 aromatic rings. The normalized spacial score (nSPS) is 13.5. The van der Waals surface area contributed by atoms with Gasteiger partial charge in [-0.25, -0.2) is 9.78 Å². The van der Waals surface area contributed by atoms with Crippen LogP contribution in [0.2, 0.25) is 10.2 Å². The molecule has 9 heteroatoms. The van der Waals surface area contributed by atoms with E-state index in [0.29, 0.717) is 29.7 Å². The van der Waals surface area contributed by atoms with E-state index in [9.17, 15) is 9.59 Å². The number of amides is 1. The Bertz CT molecular complexity index is 1820. The van der Waals surface area contributed by atoms with E-state index in [1.54, 1.807) is 39.7 Å². The first-order valence-electron chi connectivity index (χ1n) is 13.3. The van der Waals surface area contributed by atoms with Crippen LogP contribution in [0.15, 0.2) is 96.1 Å². The highest BCUT2D eigenvalue weighted by molar-refractivity contribution is 6.30. The zero-order chi connectivity index (χ0) is 28.3. The zero-order valence-corrected chi connectivity index (χ0v) is 23.6. The van der Waals surface area contributed by atoms with Gasteiger partial charge in [-0.3, -0.25) is 18.8 Å². The number of hydrogen-bond acceptors (Lipinski definition) is 4. The Balaban J connectivity index is 1.33. The van der Waals surface area contributed by atoms with Gasteiger partial charge in [0.15, 0.2) is 0 Å². The molecule has 0 aliphatic carbocycles. The third-order valence-electron chi connectivity index (χ3n) is 7.29. The molecule has 0 saturated carbocycles. The number of nitrogens with zero attached hydrogens (tertiary/aromatic N) is 4. The van der Waals surface area contributed by atoms with Gasteiger partial charge in [-0.2, -0.15) is 0 Å². The Morgan fingerprint density at radius 3 is 2.68 bits per heavy atom. The van der Waals surface area contributed by atoms with Crippen LogP contribution in [0, 0.1) is 0 Å². The monoisotopic (exact) mass is 583 g/mol. The predicted octanol–water partition coefficient (Wildman–Crippen LogP) is 6.32. The number of rotatable bonds is 6. The third-order valence-corrected chi connectivity index (χ3v) is 7.75. The molecule has 0 radical (unpaired) electrons. The number of hydrogen-bond donors (Lipinski definition) is 1. The summed E-state index contributed by atoms with van der Waals surface area (Å²) >= 11 is 12.0. The van der Waals surface area contributed by atoms with E-state index in [4.69, 9.17) is 23.2 Å². The van der Waals surface area contributed by atoms with Crippen molar-refractivity contribution < 1.29 is 4.79 Å². The van der Waals surface area contributed by atoms with Crippen LogP contribution in [0.4, 0.5) is 4.79 Å². The van der Waals surface area contributed by atoms with Crippen molar-refractivity contribution in [3.63, 3.8) is 0 Å². The van der Waals surface area contributed by atoms with Gasteiger partial charge in [-0.15, -0.1) is 0 Å². The highest BCUT2D eigenvalue weighted by Gasteiger charge is 2.26. The molecular weight excluding hydrogens is 557 g/mol. The van der Waals surface area contributed by atoms with Crippen molar-refractivity contribution in [1.82, 2.24) is 24.3 Å². The molecule has 4 heterocycles. The maximum absolute atomic E-state index is 13.6. The standard InChI is InChI=1S/C32H27Cl2N5O2/c33-24-8-6-22(7-9-24)4-3-15-37-17-13-29-27(21-37)26-19-25(38-16-2-1-5-31(38)40)10-11-28(26)39(29)32(41)36-20-23-12-14-35-30(34)18-23/h1-12,14,16,18-19H,13,15,17,20-21H2,(H,36,41). The molecule has 1 aliphatic heterocycles. The highest BCUT2D eigenvalue weighted by Crippen LogP contribution is 2.32. The van der Waals surface area contributed by atoms with Gasteiger partial charge in [0.2, 0.25) is 0 Å². The van der Waals surface area contributed by atoms with E-state index in [-0.39, 0.29) is 11.6 Å². The Hall–Kier alpha value is -4.17. The lowest BCUT2D eigenvalue weighted by atomic mass is 10.0. The number of halogens is 2. The summed E-state index contributed by atoms with van der Waals surface area (Å²) in [6.07, 6.45) is 8.34. The Morgan fingerprint density at radius 1 is 1.02 bits per heavy atom. The first kappa shape index (κ1) is 27.0. The average molecular weight is 585 g/mol. The highest BCUT2D eigenvalue weighted by atomic mass is 35.5. The lowest BCUT2D eigenvalue weighted by Crippen LogP contribution is -2.34. The SMILES string of the molecule is O=C(NCc1ccnc(Cl)c1)n1c2c(c3cc(-n4ccccc4=O)ccc31)CN(CC=Cc1ccc(Cl)cc1)CC2. The fourth-order valence-electron chi connectivity index (χ4n) is 5.30. The molecule has 0 atom stereocenters. The van der Waals surface area contributed by atoms with Crippen LogP contribution in [0.3, 0.4) is 0 Å². The summed E-state index contributed by atoms with van der Waals surface area (Å²) in [6, 6.07) is 22.0. The number of fused-ring (bicyclic) bond motifs is 3. The second kappa shape index (κ2) is 11.7. The van der Waals surface area contributed by atoms with Crippen molar-refractivity contribution >= 4 is 46.2 Å². The molecule has 2 aromatic carbocycles. The van der Waals surface area contributed by atoms with Gasteiger partial charge in [0.05, 0.1) is 5.52 Å². The number of nitrogens with one attached hydrogen (secondary N) is 1. The molecule has 1 amide bonds. The molecule has 0 fully saturated rings. The van der Waals surface area contributed by atoms with Gasteiger partial charge in [-0.05, 0) is 65.2 Å². The first-order valence-corrected chi connectivity index (χ1v) is 14.1. The van der Waals surface area contributed by atoms with Gasteiger partial charge < -0.3 is 5.32 Å². The molecule has 0 spiro atoms. The number of aromatic nitrogens is 3. The molecule has 1 N–H and O–H groups in total. The largest absolute Gasteiger partial charge is 0.333 e. The lowest BCUT2D eigenvalue weighted by Gasteiger charge is -2.27. The Kier molecular flexibility index (Phi) is 7.74. The minimum absolute atomic E-state index is 0.108. The maximum atomic E-state index is 13.6. The summed E-state index contributed by atoms with van der Waals surface area (Å²) in [5.74, 6) is 0. The van der Waals surface area contributed by atoms with E-state index < -0.39 is 0 Å².